The lowest BCUT2D eigenvalue weighted by Crippen LogP contribution is -2.57. The average Bonchev–Trinajstić information content (AvgIpc) is 2.83. The number of sulfonamides is 1. The number of anilines is 1. The Kier molecular flexibility index (Phi) is 6.73. The van der Waals surface area contributed by atoms with Gasteiger partial charge in [-0.2, -0.15) is 0 Å². The summed E-state index contributed by atoms with van der Waals surface area (Å²) in [6, 6.07) is 15.8. The van der Waals surface area contributed by atoms with Crippen molar-refractivity contribution in [2.24, 2.45) is 0 Å². The molecule has 2 aromatic carbocycles. The van der Waals surface area contributed by atoms with Crippen LogP contribution in [0.2, 0.25) is 0 Å². The SMILES string of the molecule is CCOC(=O)N1CCN(C(=O)[C@H]2CN(S(=O)(=O)Cc3ccccc3)c3ccccc3O2)CC1. The molecule has 0 radical (unpaired) electrons. The fraction of sp³-hybridized carbons (Fsp3) is 0.391. The van der Waals surface area contributed by atoms with Gasteiger partial charge < -0.3 is 19.3 Å². The molecule has 2 heterocycles. The van der Waals surface area contributed by atoms with Crippen molar-refractivity contribution in [3.8, 4) is 5.75 Å². The molecule has 176 valence electrons. The van der Waals surface area contributed by atoms with Gasteiger partial charge in [0.2, 0.25) is 10.0 Å². The summed E-state index contributed by atoms with van der Waals surface area (Å²) in [7, 11) is -3.76. The Morgan fingerprint density at radius 3 is 2.30 bits per heavy atom. The number of piperazine rings is 1. The van der Waals surface area contributed by atoms with Crippen molar-refractivity contribution >= 4 is 27.7 Å². The number of para-hydroxylation sites is 2. The third-order valence-electron chi connectivity index (χ3n) is 5.66. The van der Waals surface area contributed by atoms with E-state index in [1.54, 1.807) is 65.3 Å². The van der Waals surface area contributed by atoms with Gasteiger partial charge in [0, 0.05) is 26.2 Å². The van der Waals surface area contributed by atoms with E-state index >= 15 is 0 Å². The molecular formula is C23H27N3O6S. The second-order valence-electron chi connectivity index (χ2n) is 7.86. The monoisotopic (exact) mass is 473 g/mol. The maximum absolute atomic E-state index is 13.3. The summed E-state index contributed by atoms with van der Waals surface area (Å²) in [5, 5.41) is 0. The Hall–Kier alpha value is -3.27. The molecule has 4 rings (SSSR count). The van der Waals surface area contributed by atoms with Crippen molar-refractivity contribution in [3.05, 3.63) is 60.2 Å². The predicted octanol–water partition coefficient (Wildman–Crippen LogP) is 2.08. The Labute approximate surface area is 193 Å². The molecule has 1 fully saturated rings. The van der Waals surface area contributed by atoms with E-state index in [9.17, 15) is 18.0 Å². The van der Waals surface area contributed by atoms with Crippen molar-refractivity contribution in [2.75, 3.05) is 43.6 Å². The lowest BCUT2D eigenvalue weighted by Gasteiger charge is -2.39. The van der Waals surface area contributed by atoms with Gasteiger partial charge in [-0.1, -0.05) is 42.5 Å². The molecule has 10 heteroatoms. The minimum Gasteiger partial charge on any atom is -0.476 e. The largest absolute Gasteiger partial charge is 0.476 e. The van der Waals surface area contributed by atoms with Gasteiger partial charge >= 0.3 is 6.09 Å². The van der Waals surface area contributed by atoms with Crippen molar-refractivity contribution in [1.82, 2.24) is 9.80 Å². The minimum absolute atomic E-state index is 0.108. The van der Waals surface area contributed by atoms with Crippen LogP contribution in [0.3, 0.4) is 0 Å². The summed E-state index contributed by atoms with van der Waals surface area (Å²) in [5.74, 6) is -0.127. The number of fused-ring (bicyclic) bond motifs is 1. The van der Waals surface area contributed by atoms with Crippen molar-refractivity contribution < 1.29 is 27.5 Å². The van der Waals surface area contributed by atoms with Gasteiger partial charge in [0.1, 0.15) is 5.75 Å². The first-order valence-corrected chi connectivity index (χ1v) is 12.5. The fourth-order valence-electron chi connectivity index (χ4n) is 3.98. The van der Waals surface area contributed by atoms with Crippen LogP contribution in [0.1, 0.15) is 12.5 Å². The van der Waals surface area contributed by atoms with Gasteiger partial charge in [0.15, 0.2) is 6.10 Å². The minimum atomic E-state index is -3.76. The van der Waals surface area contributed by atoms with Crippen LogP contribution < -0.4 is 9.04 Å². The van der Waals surface area contributed by atoms with E-state index in [1.165, 1.54) is 4.31 Å². The quantitative estimate of drug-likeness (QED) is 0.660. The first kappa shape index (κ1) is 22.9. The summed E-state index contributed by atoms with van der Waals surface area (Å²) in [6.07, 6.45) is -1.37. The number of benzene rings is 2. The molecule has 0 saturated carbocycles. The van der Waals surface area contributed by atoms with Crippen LogP contribution in [0.4, 0.5) is 10.5 Å². The zero-order chi connectivity index (χ0) is 23.4. The van der Waals surface area contributed by atoms with Crippen LogP contribution in [0.25, 0.3) is 0 Å². The number of rotatable bonds is 5. The second-order valence-corrected chi connectivity index (χ2v) is 9.75. The van der Waals surface area contributed by atoms with Crippen molar-refractivity contribution in [3.63, 3.8) is 0 Å². The highest BCUT2D eigenvalue weighted by Gasteiger charge is 2.39. The maximum atomic E-state index is 13.3. The van der Waals surface area contributed by atoms with E-state index in [0.29, 0.717) is 49.8 Å². The van der Waals surface area contributed by atoms with Crippen LogP contribution in [-0.4, -0.2) is 75.7 Å². The summed E-state index contributed by atoms with van der Waals surface area (Å²) in [5.41, 5.74) is 1.09. The third kappa shape index (κ3) is 5.05. The summed E-state index contributed by atoms with van der Waals surface area (Å²) in [6.45, 7) is 3.29. The second kappa shape index (κ2) is 9.70. The van der Waals surface area contributed by atoms with E-state index < -0.39 is 22.2 Å². The summed E-state index contributed by atoms with van der Waals surface area (Å²) < 4.78 is 38.9. The number of carbonyl (C=O) groups excluding carboxylic acids is 2. The molecule has 9 nitrogen and oxygen atoms in total. The molecule has 0 unspecified atom stereocenters. The number of amides is 2. The van der Waals surface area contributed by atoms with Gasteiger partial charge in [0.05, 0.1) is 24.6 Å². The number of ether oxygens (including phenoxy) is 2. The number of hydrogen-bond acceptors (Lipinski definition) is 6. The molecule has 1 saturated heterocycles. The normalized spacial score (nSPS) is 18.3. The molecule has 0 bridgehead atoms. The standard InChI is InChI=1S/C23H27N3O6S/c1-2-31-23(28)25-14-12-24(13-15-25)22(27)21-16-26(19-10-6-7-11-20(19)32-21)33(29,30)17-18-8-4-3-5-9-18/h3-11,21H,2,12-17H2,1H3/t21-/m1/s1. The molecule has 0 aliphatic carbocycles. The van der Waals surface area contributed by atoms with Gasteiger partial charge in [-0.25, -0.2) is 13.2 Å². The van der Waals surface area contributed by atoms with E-state index in [0.717, 1.165) is 0 Å². The fourth-order valence-corrected chi connectivity index (χ4v) is 5.57. The van der Waals surface area contributed by atoms with Gasteiger partial charge in [0.25, 0.3) is 5.91 Å². The van der Waals surface area contributed by atoms with E-state index in [1.807, 2.05) is 6.07 Å². The molecule has 33 heavy (non-hydrogen) atoms. The van der Waals surface area contributed by atoms with E-state index in [2.05, 4.69) is 0 Å². The Balaban J connectivity index is 1.51. The molecule has 2 aromatic rings. The zero-order valence-corrected chi connectivity index (χ0v) is 19.2. The number of nitrogens with zero attached hydrogens (tertiary/aromatic N) is 3. The smallest absolute Gasteiger partial charge is 0.409 e. The first-order valence-electron chi connectivity index (χ1n) is 10.9. The number of carbonyl (C=O) groups is 2. The zero-order valence-electron chi connectivity index (χ0n) is 18.4. The van der Waals surface area contributed by atoms with Crippen LogP contribution in [-0.2, 0) is 25.3 Å². The maximum Gasteiger partial charge on any atom is 0.409 e. The highest BCUT2D eigenvalue weighted by Crippen LogP contribution is 2.36. The van der Waals surface area contributed by atoms with Gasteiger partial charge in [-0.15, -0.1) is 0 Å². The lowest BCUT2D eigenvalue weighted by molar-refractivity contribution is -0.140. The highest BCUT2D eigenvalue weighted by atomic mass is 32.2. The Morgan fingerprint density at radius 1 is 0.970 bits per heavy atom. The predicted molar refractivity (Wildman–Crippen MR) is 122 cm³/mol. The van der Waals surface area contributed by atoms with Crippen LogP contribution in [0.15, 0.2) is 54.6 Å². The van der Waals surface area contributed by atoms with Crippen LogP contribution in [0.5, 0.6) is 5.75 Å². The Morgan fingerprint density at radius 2 is 1.61 bits per heavy atom. The van der Waals surface area contributed by atoms with Gasteiger partial charge in [-0.3, -0.25) is 9.10 Å². The topological polar surface area (TPSA) is 96.5 Å². The molecule has 0 N–H and O–H groups in total. The number of hydrogen-bond donors (Lipinski definition) is 0. The van der Waals surface area contributed by atoms with Crippen LogP contribution >= 0.6 is 0 Å². The summed E-state index contributed by atoms with van der Waals surface area (Å²) >= 11 is 0. The van der Waals surface area contributed by atoms with E-state index in [4.69, 9.17) is 9.47 Å². The average molecular weight is 474 g/mol. The van der Waals surface area contributed by atoms with Crippen molar-refractivity contribution in [1.29, 1.82) is 0 Å². The summed E-state index contributed by atoms with van der Waals surface area (Å²) in [4.78, 5) is 28.3. The van der Waals surface area contributed by atoms with Crippen molar-refractivity contribution in [2.45, 2.75) is 18.8 Å². The molecule has 0 spiro atoms. The first-order chi connectivity index (χ1) is 15.9. The van der Waals surface area contributed by atoms with Gasteiger partial charge in [-0.05, 0) is 24.6 Å². The molecule has 1 atom stereocenters. The molecule has 2 amide bonds. The lowest BCUT2D eigenvalue weighted by atomic mass is 10.2. The van der Waals surface area contributed by atoms with Crippen LogP contribution in [0, 0.1) is 0 Å². The molecular weight excluding hydrogens is 446 g/mol. The highest BCUT2D eigenvalue weighted by molar-refractivity contribution is 7.92. The third-order valence-corrected chi connectivity index (χ3v) is 7.37. The molecule has 0 aromatic heterocycles. The Bertz CT molecular complexity index is 1100. The van der Waals surface area contributed by atoms with E-state index in [-0.39, 0.29) is 18.2 Å². The molecule has 2 aliphatic rings. The molecule has 2 aliphatic heterocycles.